The summed E-state index contributed by atoms with van der Waals surface area (Å²) in [4.78, 5) is 23.3. The highest BCUT2D eigenvalue weighted by atomic mass is 79.9. The van der Waals surface area contributed by atoms with Crippen LogP contribution in [0.15, 0.2) is 46.0 Å². The number of likely N-dealkylation sites (tertiary alicyclic amines) is 1. The molecule has 0 N–H and O–H groups in total. The number of amides is 1. The van der Waals surface area contributed by atoms with Crippen molar-refractivity contribution in [2.75, 3.05) is 18.8 Å². The van der Waals surface area contributed by atoms with Crippen molar-refractivity contribution >= 4 is 33.6 Å². The lowest BCUT2D eigenvalue weighted by Crippen LogP contribution is -2.45. The van der Waals surface area contributed by atoms with Gasteiger partial charge in [-0.25, -0.2) is 14.4 Å². The summed E-state index contributed by atoms with van der Waals surface area (Å²) in [6, 6.07) is 6.48. The standard InChI is InChI=1S/C17H17BrFN3O2S/c18-12-8-20-17(21-9-12)24-14-2-1-7-22(10-14)16(23)11-25-15-5-3-13(19)4-6-15/h3-6,8-9,14H,1-2,7,10-11H2. The van der Waals surface area contributed by atoms with Gasteiger partial charge in [-0.2, -0.15) is 0 Å². The lowest BCUT2D eigenvalue weighted by molar-refractivity contribution is -0.131. The quantitative estimate of drug-likeness (QED) is 0.685. The number of piperidine rings is 1. The fourth-order valence-corrected chi connectivity index (χ4v) is 3.54. The number of ether oxygens (including phenoxy) is 1. The Morgan fingerprint density at radius 1 is 1.32 bits per heavy atom. The van der Waals surface area contributed by atoms with E-state index in [1.54, 1.807) is 24.5 Å². The molecule has 25 heavy (non-hydrogen) atoms. The Morgan fingerprint density at radius 2 is 2.04 bits per heavy atom. The molecule has 132 valence electrons. The maximum absolute atomic E-state index is 12.9. The fraction of sp³-hybridized carbons (Fsp3) is 0.353. The van der Waals surface area contributed by atoms with Gasteiger partial charge in [0.25, 0.3) is 0 Å². The molecule has 1 unspecified atom stereocenters. The summed E-state index contributed by atoms with van der Waals surface area (Å²) in [5, 5.41) is 0. The van der Waals surface area contributed by atoms with Crippen LogP contribution in [0.3, 0.4) is 0 Å². The number of rotatable bonds is 5. The average molecular weight is 426 g/mol. The van der Waals surface area contributed by atoms with Crippen molar-refractivity contribution in [1.82, 2.24) is 14.9 Å². The highest BCUT2D eigenvalue weighted by molar-refractivity contribution is 9.10. The third-order valence-corrected chi connectivity index (χ3v) is 5.18. The van der Waals surface area contributed by atoms with Gasteiger partial charge in [-0.1, -0.05) is 0 Å². The predicted octanol–water partition coefficient (Wildman–Crippen LogP) is 3.54. The van der Waals surface area contributed by atoms with E-state index in [0.29, 0.717) is 18.3 Å². The van der Waals surface area contributed by atoms with Crippen molar-refractivity contribution < 1.29 is 13.9 Å². The van der Waals surface area contributed by atoms with Crippen molar-refractivity contribution in [3.63, 3.8) is 0 Å². The number of hydrogen-bond donors (Lipinski definition) is 0. The smallest absolute Gasteiger partial charge is 0.316 e. The topological polar surface area (TPSA) is 55.3 Å². The lowest BCUT2D eigenvalue weighted by Gasteiger charge is -2.32. The van der Waals surface area contributed by atoms with Crippen LogP contribution in [0.25, 0.3) is 0 Å². The number of aromatic nitrogens is 2. The van der Waals surface area contributed by atoms with E-state index in [0.717, 1.165) is 28.8 Å². The molecule has 1 aliphatic rings. The predicted molar refractivity (Wildman–Crippen MR) is 97.1 cm³/mol. The van der Waals surface area contributed by atoms with Gasteiger partial charge in [0.05, 0.1) is 16.8 Å². The van der Waals surface area contributed by atoms with Crippen molar-refractivity contribution in [3.8, 4) is 6.01 Å². The summed E-state index contributed by atoms with van der Waals surface area (Å²) in [6.45, 7) is 1.26. The molecular weight excluding hydrogens is 409 g/mol. The van der Waals surface area contributed by atoms with E-state index in [-0.39, 0.29) is 17.8 Å². The first-order valence-corrected chi connectivity index (χ1v) is 9.68. The first kappa shape index (κ1) is 18.1. The van der Waals surface area contributed by atoms with Gasteiger partial charge in [0, 0.05) is 23.8 Å². The summed E-state index contributed by atoms with van der Waals surface area (Å²) < 4.78 is 19.5. The van der Waals surface area contributed by atoms with Gasteiger partial charge in [0.2, 0.25) is 5.91 Å². The molecule has 2 aromatic rings. The highest BCUT2D eigenvalue weighted by Crippen LogP contribution is 2.21. The molecule has 1 aromatic heterocycles. The maximum atomic E-state index is 12.9. The molecule has 0 aliphatic carbocycles. The number of carbonyl (C=O) groups is 1. The minimum Gasteiger partial charge on any atom is -0.458 e. The van der Waals surface area contributed by atoms with E-state index in [4.69, 9.17) is 4.74 Å². The first-order chi connectivity index (χ1) is 12.1. The average Bonchev–Trinajstić information content (AvgIpc) is 2.63. The molecule has 0 spiro atoms. The number of hydrogen-bond acceptors (Lipinski definition) is 5. The molecule has 1 fully saturated rings. The van der Waals surface area contributed by atoms with Gasteiger partial charge in [-0.05, 0) is 53.0 Å². The van der Waals surface area contributed by atoms with Gasteiger partial charge in [0.15, 0.2) is 0 Å². The largest absolute Gasteiger partial charge is 0.458 e. The molecule has 0 bridgehead atoms. The number of carbonyl (C=O) groups excluding carboxylic acids is 1. The minimum atomic E-state index is -0.276. The highest BCUT2D eigenvalue weighted by Gasteiger charge is 2.25. The van der Waals surface area contributed by atoms with Crippen LogP contribution in [0, 0.1) is 5.82 Å². The van der Waals surface area contributed by atoms with Crippen LogP contribution >= 0.6 is 27.7 Å². The van der Waals surface area contributed by atoms with Crippen molar-refractivity contribution in [3.05, 3.63) is 46.9 Å². The van der Waals surface area contributed by atoms with E-state index >= 15 is 0 Å². The summed E-state index contributed by atoms with van der Waals surface area (Å²) in [5.41, 5.74) is 0. The molecule has 2 heterocycles. The summed E-state index contributed by atoms with van der Waals surface area (Å²) in [7, 11) is 0. The molecule has 1 aliphatic heterocycles. The van der Waals surface area contributed by atoms with E-state index in [9.17, 15) is 9.18 Å². The molecular formula is C17H17BrFN3O2S. The lowest BCUT2D eigenvalue weighted by atomic mass is 10.1. The Hall–Kier alpha value is -1.67. The number of nitrogens with zero attached hydrogens (tertiary/aromatic N) is 3. The van der Waals surface area contributed by atoms with Gasteiger partial charge in [-0.3, -0.25) is 4.79 Å². The first-order valence-electron chi connectivity index (χ1n) is 7.90. The van der Waals surface area contributed by atoms with E-state index in [1.807, 2.05) is 4.90 Å². The second-order valence-corrected chi connectivity index (χ2v) is 7.61. The van der Waals surface area contributed by atoms with Gasteiger partial charge in [0.1, 0.15) is 11.9 Å². The Balaban J connectivity index is 1.50. The number of benzene rings is 1. The van der Waals surface area contributed by atoms with Crippen molar-refractivity contribution in [2.24, 2.45) is 0 Å². The molecule has 5 nitrogen and oxygen atoms in total. The second kappa shape index (κ2) is 8.62. The SMILES string of the molecule is O=C(CSc1ccc(F)cc1)N1CCCC(Oc2ncc(Br)cn2)C1. The van der Waals surface area contributed by atoms with Crippen LogP contribution < -0.4 is 4.74 Å². The van der Waals surface area contributed by atoms with E-state index < -0.39 is 0 Å². The maximum Gasteiger partial charge on any atom is 0.316 e. The van der Waals surface area contributed by atoms with Gasteiger partial charge in [-0.15, -0.1) is 11.8 Å². The normalized spacial score (nSPS) is 17.4. The Bertz CT molecular complexity index is 715. The van der Waals surface area contributed by atoms with Crippen molar-refractivity contribution in [1.29, 1.82) is 0 Å². The Labute approximate surface area is 158 Å². The number of halogens is 2. The van der Waals surface area contributed by atoms with Crippen LogP contribution in [-0.4, -0.2) is 45.7 Å². The molecule has 3 rings (SSSR count). The third kappa shape index (κ3) is 5.40. The monoisotopic (exact) mass is 425 g/mol. The third-order valence-electron chi connectivity index (χ3n) is 3.78. The zero-order valence-electron chi connectivity index (χ0n) is 13.4. The Kier molecular flexibility index (Phi) is 6.25. The van der Waals surface area contributed by atoms with E-state index in [1.165, 1.54) is 23.9 Å². The van der Waals surface area contributed by atoms with Crippen LogP contribution in [0.4, 0.5) is 4.39 Å². The zero-order chi connectivity index (χ0) is 17.6. The molecule has 1 atom stereocenters. The van der Waals surface area contributed by atoms with Crippen LogP contribution in [0.2, 0.25) is 0 Å². The molecule has 1 aromatic carbocycles. The minimum absolute atomic E-state index is 0.0550. The fourth-order valence-electron chi connectivity index (χ4n) is 2.54. The van der Waals surface area contributed by atoms with Gasteiger partial charge >= 0.3 is 6.01 Å². The molecule has 0 radical (unpaired) electrons. The molecule has 1 saturated heterocycles. The summed E-state index contributed by atoms with van der Waals surface area (Å²) in [6.07, 6.45) is 4.92. The summed E-state index contributed by atoms with van der Waals surface area (Å²) in [5.74, 6) is 0.105. The summed E-state index contributed by atoms with van der Waals surface area (Å²) >= 11 is 4.69. The van der Waals surface area contributed by atoms with Gasteiger partial charge < -0.3 is 9.64 Å². The van der Waals surface area contributed by atoms with Crippen LogP contribution in [0.5, 0.6) is 6.01 Å². The number of thioether (sulfide) groups is 1. The molecule has 0 saturated carbocycles. The Morgan fingerprint density at radius 3 is 2.76 bits per heavy atom. The molecule has 8 heteroatoms. The molecule has 1 amide bonds. The zero-order valence-corrected chi connectivity index (χ0v) is 15.8. The van der Waals surface area contributed by atoms with Crippen molar-refractivity contribution in [2.45, 2.75) is 23.8 Å². The van der Waals surface area contributed by atoms with Crippen LogP contribution in [0.1, 0.15) is 12.8 Å². The second-order valence-electron chi connectivity index (χ2n) is 5.65. The van der Waals surface area contributed by atoms with Crippen LogP contribution in [-0.2, 0) is 4.79 Å². The van der Waals surface area contributed by atoms with E-state index in [2.05, 4.69) is 25.9 Å².